The number of likely N-dealkylation sites (tertiary alicyclic amines) is 2. The first-order chi connectivity index (χ1) is 8.79. The van der Waals surface area contributed by atoms with Crippen LogP contribution in [0.25, 0.3) is 0 Å². The second-order valence-electron chi connectivity index (χ2n) is 6.15. The molecule has 0 spiro atoms. The van der Waals surface area contributed by atoms with E-state index in [2.05, 4.69) is 29.1 Å². The van der Waals surface area contributed by atoms with Gasteiger partial charge in [0.05, 0.1) is 0 Å². The summed E-state index contributed by atoms with van der Waals surface area (Å²) in [5.74, 6) is 0. The Morgan fingerprint density at radius 2 is 1.83 bits per heavy atom. The molecule has 3 nitrogen and oxygen atoms in total. The lowest BCUT2D eigenvalue weighted by Crippen LogP contribution is -2.48. The largest absolute Gasteiger partial charge is 0.312 e. The molecule has 2 aliphatic rings. The molecule has 0 amide bonds. The summed E-state index contributed by atoms with van der Waals surface area (Å²) in [5, 5.41) is 3.82. The fourth-order valence-electron chi connectivity index (χ4n) is 3.38. The number of nitrogens with zero attached hydrogens (tertiary/aromatic N) is 2. The van der Waals surface area contributed by atoms with Crippen LogP contribution in [0.1, 0.15) is 45.4 Å². The second-order valence-corrected chi connectivity index (χ2v) is 6.15. The van der Waals surface area contributed by atoms with E-state index < -0.39 is 0 Å². The molecular weight excluding hydrogens is 222 g/mol. The Kier molecular flexibility index (Phi) is 5.93. The van der Waals surface area contributed by atoms with Crippen molar-refractivity contribution in [2.75, 3.05) is 39.8 Å². The van der Waals surface area contributed by atoms with Gasteiger partial charge in [0.25, 0.3) is 0 Å². The first-order valence-electron chi connectivity index (χ1n) is 7.95. The van der Waals surface area contributed by atoms with Crippen molar-refractivity contribution >= 4 is 0 Å². The third kappa shape index (κ3) is 4.22. The van der Waals surface area contributed by atoms with Crippen molar-refractivity contribution < 1.29 is 0 Å². The maximum atomic E-state index is 3.82. The Balaban J connectivity index is 1.62. The van der Waals surface area contributed by atoms with Gasteiger partial charge in [0.2, 0.25) is 0 Å². The summed E-state index contributed by atoms with van der Waals surface area (Å²) < 4.78 is 0. The van der Waals surface area contributed by atoms with Gasteiger partial charge >= 0.3 is 0 Å². The summed E-state index contributed by atoms with van der Waals surface area (Å²) in [6, 6.07) is 1.56. The number of nitrogens with one attached hydrogen (secondary N) is 1. The van der Waals surface area contributed by atoms with Crippen molar-refractivity contribution in [3.05, 3.63) is 0 Å². The average Bonchev–Trinajstić information content (AvgIpc) is 2.40. The molecule has 1 atom stereocenters. The van der Waals surface area contributed by atoms with Gasteiger partial charge in [-0.05, 0) is 65.3 Å². The van der Waals surface area contributed by atoms with E-state index in [9.17, 15) is 0 Å². The molecule has 1 unspecified atom stereocenters. The van der Waals surface area contributed by atoms with Crippen LogP contribution in [-0.4, -0.2) is 61.7 Å². The number of likely N-dealkylation sites (N-methyl/N-ethyl adjacent to an activating group) is 1. The highest BCUT2D eigenvalue weighted by molar-refractivity contribution is 4.81. The summed E-state index contributed by atoms with van der Waals surface area (Å²) >= 11 is 0. The first kappa shape index (κ1) is 14.3. The normalized spacial score (nSPS) is 28.7. The lowest BCUT2D eigenvalue weighted by atomic mass is 10.0. The fraction of sp³-hybridized carbons (Fsp3) is 1.00. The van der Waals surface area contributed by atoms with E-state index in [1.54, 1.807) is 0 Å². The minimum atomic E-state index is 0.772. The molecule has 2 aliphatic heterocycles. The zero-order chi connectivity index (χ0) is 12.8. The summed E-state index contributed by atoms with van der Waals surface area (Å²) in [6.45, 7) is 8.66. The van der Waals surface area contributed by atoms with E-state index in [0.29, 0.717) is 0 Å². The molecule has 1 N–H and O–H groups in total. The van der Waals surface area contributed by atoms with Crippen LogP contribution in [-0.2, 0) is 0 Å². The molecule has 106 valence electrons. The smallest absolute Gasteiger partial charge is 0.0217 e. The van der Waals surface area contributed by atoms with Crippen LogP contribution >= 0.6 is 0 Å². The van der Waals surface area contributed by atoms with Crippen LogP contribution in [0, 0.1) is 0 Å². The Hall–Kier alpha value is -0.120. The summed E-state index contributed by atoms with van der Waals surface area (Å²) in [4.78, 5) is 5.16. The van der Waals surface area contributed by atoms with Crippen molar-refractivity contribution in [3.8, 4) is 0 Å². The lowest BCUT2D eigenvalue weighted by molar-refractivity contribution is 0.160. The predicted octanol–water partition coefficient (Wildman–Crippen LogP) is 1.93. The van der Waals surface area contributed by atoms with E-state index in [4.69, 9.17) is 0 Å². The van der Waals surface area contributed by atoms with Crippen LogP contribution in [0.15, 0.2) is 0 Å². The SMILES string of the molecule is CCCN1CCC(NCC2CCCCN2C)CC1. The quantitative estimate of drug-likeness (QED) is 0.808. The molecule has 0 aromatic heterocycles. The Bertz CT molecular complexity index is 224. The van der Waals surface area contributed by atoms with E-state index >= 15 is 0 Å². The lowest BCUT2D eigenvalue weighted by Gasteiger charge is -2.36. The summed E-state index contributed by atoms with van der Waals surface area (Å²) in [5.41, 5.74) is 0. The van der Waals surface area contributed by atoms with Crippen LogP contribution in [0.2, 0.25) is 0 Å². The predicted molar refractivity (Wildman–Crippen MR) is 78.0 cm³/mol. The molecule has 3 heteroatoms. The van der Waals surface area contributed by atoms with Crippen molar-refractivity contribution in [2.24, 2.45) is 0 Å². The van der Waals surface area contributed by atoms with Gasteiger partial charge in [0.1, 0.15) is 0 Å². The second kappa shape index (κ2) is 7.46. The molecule has 0 aliphatic carbocycles. The minimum Gasteiger partial charge on any atom is -0.312 e. The van der Waals surface area contributed by atoms with Crippen molar-refractivity contribution in [1.29, 1.82) is 0 Å². The van der Waals surface area contributed by atoms with Gasteiger partial charge in [-0.15, -0.1) is 0 Å². The molecule has 18 heavy (non-hydrogen) atoms. The van der Waals surface area contributed by atoms with Crippen LogP contribution < -0.4 is 5.32 Å². The maximum Gasteiger partial charge on any atom is 0.0217 e. The van der Waals surface area contributed by atoms with E-state index in [1.165, 1.54) is 71.2 Å². The highest BCUT2D eigenvalue weighted by atomic mass is 15.2. The van der Waals surface area contributed by atoms with Crippen molar-refractivity contribution in [2.45, 2.75) is 57.5 Å². The first-order valence-corrected chi connectivity index (χ1v) is 7.95. The number of hydrogen-bond acceptors (Lipinski definition) is 3. The van der Waals surface area contributed by atoms with Crippen LogP contribution in [0.4, 0.5) is 0 Å². The minimum absolute atomic E-state index is 0.772. The molecule has 2 rings (SSSR count). The van der Waals surface area contributed by atoms with Crippen LogP contribution in [0.3, 0.4) is 0 Å². The summed E-state index contributed by atoms with van der Waals surface area (Å²) in [7, 11) is 2.29. The monoisotopic (exact) mass is 253 g/mol. The zero-order valence-corrected chi connectivity index (χ0v) is 12.3. The topological polar surface area (TPSA) is 18.5 Å². The molecular formula is C15H31N3. The van der Waals surface area contributed by atoms with Gasteiger partial charge in [-0.3, -0.25) is 0 Å². The molecule has 2 heterocycles. The van der Waals surface area contributed by atoms with Gasteiger partial charge in [-0.1, -0.05) is 13.3 Å². The Morgan fingerprint density at radius 1 is 1.06 bits per heavy atom. The Labute approximate surface area is 113 Å². The third-order valence-electron chi connectivity index (χ3n) is 4.69. The van der Waals surface area contributed by atoms with E-state index in [1.807, 2.05) is 0 Å². The molecule has 0 aromatic rings. The highest BCUT2D eigenvalue weighted by Crippen LogP contribution is 2.15. The van der Waals surface area contributed by atoms with Gasteiger partial charge < -0.3 is 15.1 Å². The number of piperidine rings is 2. The van der Waals surface area contributed by atoms with Gasteiger partial charge in [-0.25, -0.2) is 0 Å². The molecule has 2 fully saturated rings. The molecule has 2 saturated heterocycles. The molecule has 0 bridgehead atoms. The van der Waals surface area contributed by atoms with Gasteiger partial charge in [-0.2, -0.15) is 0 Å². The fourth-order valence-corrected chi connectivity index (χ4v) is 3.38. The zero-order valence-electron chi connectivity index (χ0n) is 12.3. The summed E-state index contributed by atoms with van der Waals surface area (Å²) in [6.07, 6.45) is 8.18. The highest BCUT2D eigenvalue weighted by Gasteiger charge is 2.22. The van der Waals surface area contributed by atoms with Crippen molar-refractivity contribution in [3.63, 3.8) is 0 Å². The molecule has 0 aromatic carbocycles. The van der Waals surface area contributed by atoms with E-state index in [-0.39, 0.29) is 0 Å². The van der Waals surface area contributed by atoms with Crippen molar-refractivity contribution in [1.82, 2.24) is 15.1 Å². The maximum absolute atomic E-state index is 3.82. The van der Waals surface area contributed by atoms with Crippen LogP contribution in [0.5, 0.6) is 0 Å². The molecule has 0 saturated carbocycles. The number of hydrogen-bond donors (Lipinski definition) is 1. The standard InChI is InChI=1S/C15H31N3/c1-3-9-18-11-7-14(8-12-18)16-13-15-6-4-5-10-17(15)2/h14-16H,3-13H2,1-2H3. The average molecular weight is 253 g/mol. The third-order valence-corrected chi connectivity index (χ3v) is 4.69. The van der Waals surface area contributed by atoms with E-state index in [0.717, 1.165) is 12.1 Å². The van der Waals surface area contributed by atoms with Gasteiger partial charge in [0, 0.05) is 18.6 Å². The number of rotatable bonds is 5. The Morgan fingerprint density at radius 3 is 2.50 bits per heavy atom. The molecule has 0 radical (unpaired) electrons. The van der Waals surface area contributed by atoms with Gasteiger partial charge in [0.15, 0.2) is 0 Å².